The van der Waals surface area contributed by atoms with Gasteiger partial charge in [0.25, 0.3) is 0 Å². The molecule has 0 saturated heterocycles. The number of dihydropyridines is 1. The van der Waals surface area contributed by atoms with Crippen molar-refractivity contribution in [2.75, 3.05) is 7.11 Å². The second kappa shape index (κ2) is 5.86. The summed E-state index contributed by atoms with van der Waals surface area (Å²) in [5.74, 6) is -0.784. The average molecular weight is 343 g/mol. The third kappa shape index (κ3) is 2.90. The molecule has 0 spiro atoms. The third-order valence-electron chi connectivity index (χ3n) is 4.98. The Hall–Kier alpha value is -2.37. The molecule has 0 aromatic carbocycles. The lowest BCUT2D eigenvalue weighted by Gasteiger charge is -2.39. The molecule has 0 unspecified atom stereocenters. The number of methoxy groups -OCH3 is 1. The van der Waals surface area contributed by atoms with Gasteiger partial charge in [-0.15, -0.1) is 0 Å². The van der Waals surface area contributed by atoms with E-state index in [1.807, 2.05) is 27.0 Å². The Bertz CT molecular complexity index is 827. The summed E-state index contributed by atoms with van der Waals surface area (Å²) in [7, 11) is 3.20. The minimum absolute atomic E-state index is 0.0801. The molecular weight excluding hydrogens is 318 g/mol. The summed E-state index contributed by atoms with van der Waals surface area (Å²) in [6.45, 7) is 7.95. The summed E-state index contributed by atoms with van der Waals surface area (Å²) in [6, 6.07) is 1.93. The summed E-state index contributed by atoms with van der Waals surface area (Å²) in [5, 5.41) is 7.71. The molecule has 3 rings (SSSR count). The fourth-order valence-corrected chi connectivity index (χ4v) is 4.01. The number of Topliss-reactive ketones (excluding diaryl/α,β-unsaturated/α-hetero) is 1. The van der Waals surface area contributed by atoms with Gasteiger partial charge in [0.2, 0.25) is 0 Å². The largest absolute Gasteiger partial charge is 0.466 e. The number of allylic oxidation sites excluding steroid dienone is 3. The van der Waals surface area contributed by atoms with Crippen molar-refractivity contribution in [2.45, 2.75) is 46.5 Å². The molecule has 0 radical (unpaired) electrons. The first-order valence-electron chi connectivity index (χ1n) is 8.47. The van der Waals surface area contributed by atoms with E-state index in [0.717, 1.165) is 29.2 Å². The van der Waals surface area contributed by atoms with Crippen LogP contribution in [0.25, 0.3) is 0 Å². The molecule has 1 aliphatic heterocycles. The lowest BCUT2D eigenvalue weighted by molar-refractivity contribution is -0.136. The topological polar surface area (TPSA) is 73.2 Å². The number of nitrogens with one attached hydrogen (secondary N) is 1. The van der Waals surface area contributed by atoms with Crippen LogP contribution in [0.15, 0.2) is 28.6 Å². The first-order chi connectivity index (χ1) is 11.6. The summed E-state index contributed by atoms with van der Waals surface area (Å²) in [6.07, 6.45) is 1.24. The van der Waals surface area contributed by atoms with Gasteiger partial charge in [-0.25, -0.2) is 4.79 Å². The minimum atomic E-state index is -0.446. The third-order valence-corrected chi connectivity index (χ3v) is 4.98. The molecule has 1 N–H and O–H groups in total. The lowest BCUT2D eigenvalue weighted by atomic mass is 9.69. The molecule has 1 aromatic heterocycles. The Kier molecular flexibility index (Phi) is 4.09. The van der Waals surface area contributed by atoms with Crippen LogP contribution < -0.4 is 5.32 Å². The van der Waals surface area contributed by atoms with Gasteiger partial charge in [-0.05, 0) is 31.7 Å². The quantitative estimate of drug-likeness (QED) is 0.835. The second-order valence-corrected chi connectivity index (χ2v) is 7.76. The van der Waals surface area contributed by atoms with Gasteiger partial charge in [0, 0.05) is 30.4 Å². The van der Waals surface area contributed by atoms with Crippen LogP contribution >= 0.6 is 0 Å². The number of hydrogen-bond acceptors (Lipinski definition) is 5. The maximum atomic E-state index is 13.0. The molecule has 0 fully saturated rings. The molecule has 6 heteroatoms. The maximum absolute atomic E-state index is 13.0. The number of aromatic nitrogens is 2. The van der Waals surface area contributed by atoms with Crippen molar-refractivity contribution in [1.29, 1.82) is 0 Å². The van der Waals surface area contributed by atoms with Gasteiger partial charge in [0.1, 0.15) is 0 Å². The Morgan fingerprint density at radius 3 is 2.60 bits per heavy atom. The molecule has 1 aromatic rings. The molecule has 0 bridgehead atoms. The zero-order chi connectivity index (χ0) is 18.5. The van der Waals surface area contributed by atoms with Crippen LogP contribution in [0.1, 0.15) is 50.9 Å². The van der Waals surface area contributed by atoms with Crippen LogP contribution in [0.2, 0.25) is 0 Å². The fraction of sp³-hybridized carbons (Fsp3) is 0.526. The van der Waals surface area contributed by atoms with Gasteiger partial charge in [-0.1, -0.05) is 13.8 Å². The second-order valence-electron chi connectivity index (χ2n) is 7.76. The number of aryl methyl sites for hydroxylation is 2. The standard InChI is InChI=1S/C19H25N3O3/c1-10-7-13(22(5)21-10)17-15(18(24)25-6)11(2)20-12-8-19(3,4)9-14(23)16(12)17/h7,17,20H,8-9H2,1-6H3/t17-/m0/s1. The Labute approximate surface area is 147 Å². The van der Waals surface area contributed by atoms with Crippen molar-refractivity contribution in [3.63, 3.8) is 0 Å². The molecule has 0 amide bonds. The van der Waals surface area contributed by atoms with E-state index >= 15 is 0 Å². The average Bonchev–Trinajstić information content (AvgIpc) is 2.82. The van der Waals surface area contributed by atoms with Gasteiger partial charge >= 0.3 is 5.97 Å². The summed E-state index contributed by atoms with van der Waals surface area (Å²) in [5.41, 5.74) is 4.39. The van der Waals surface area contributed by atoms with E-state index in [9.17, 15) is 9.59 Å². The highest BCUT2D eigenvalue weighted by atomic mass is 16.5. The van der Waals surface area contributed by atoms with Crippen LogP contribution in [-0.2, 0) is 21.4 Å². The maximum Gasteiger partial charge on any atom is 0.336 e. The number of hydrogen-bond donors (Lipinski definition) is 1. The van der Waals surface area contributed by atoms with Gasteiger partial charge in [-0.3, -0.25) is 9.48 Å². The van der Waals surface area contributed by atoms with E-state index < -0.39 is 11.9 Å². The summed E-state index contributed by atoms with van der Waals surface area (Å²) in [4.78, 5) is 25.5. The van der Waals surface area contributed by atoms with Crippen LogP contribution in [0.4, 0.5) is 0 Å². The lowest BCUT2D eigenvalue weighted by Crippen LogP contribution is -2.39. The number of ketones is 1. The zero-order valence-electron chi connectivity index (χ0n) is 15.7. The summed E-state index contributed by atoms with van der Waals surface area (Å²) >= 11 is 0. The number of carbonyl (C=O) groups is 2. The van der Waals surface area contributed by atoms with E-state index in [2.05, 4.69) is 24.3 Å². The van der Waals surface area contributed by atoms with Crippen molar-refractivity contribution in [3.8, 4) is 0 Å². The number of rotatable bonds is 2. The highest BCUT2D eigenvalue weighted by Crippen LogP contribution is 2.46. The molecule has 134 valence electrons. The number of carbonyl (C=O) groups excluding carboxylic acids is 2. The smallest absolute Gasteiger partial charge is 0.336 e. The predicted octanol–water partition coefficient (Wildman–Crippen LogP) is 2.51. The van der Waals surface area contributed by atoms with Crippen molar-refractivity contribution < 1.29 is 14.3 Å². The van der Waals surface area contributed by atoms with Gasteiger partial charge in [0.15, 0.2) is 5.78 Å². The number of esters is 1. The van der Waals surface area contributed by atoms with Gasteiger partial charge in [0.05, 0.1) is 30.0 Å². The minimum Gasteiger partial charge on any atom is -0.466 e. The van der Waals surface area contributed by atoms with Crippen LogP contribution in [0.5, 0.6) is 0 Å². The Morgan fingerprint density at radius 2 is 2.04 bits per heavy atom. The van der Waals surface area contributed by atoms with E-state index in [1.165, 1.54) is 7.11 Å². The molecule has 2 aliphatic rings. The van der Waals surface area contributed by atoms with Crippen LogP contribution in [0.3, 0.4) is 0 Å². The summed E-state index contributed by atoms with van der Waals surface area (Å²) < 4.78 is 6.76. The van der Waals surface area contributed by atoms with Crippen molar-refractivity contribution in [2.24, 2.45) is 12.5 Å². The highest BCUT2D eigenvalue weighted by molar-refractivity contribution is 6.04. The molecule has 1 aliphatic carbocycles. The normalized spacial score (nSPS) is 22.6. The predicted molar refractivity (Wildman–Crippen MR) is 93.6 cm³/mol. The Balaban J connectivity index is 2.23. The Morgan fingerprint density at radius 1 is 1.36 bits per heavy atom. The van der Waals surface area contributed by atoms with Crippen LogP contribution in [0, 0.1) is 12.3 Å². The monoisotopic (exact) mass is 343 g/mol. The number of ether oxygens (including phenoxy) is 1. The van der Waals surface area contributed by atoms with Crippen molar-refractivity contribution in [3.05, 3.63) is 40.0 Å². The first kappa shape index (κ1) is 17.5. The number of nitrogens with zero attached hydrogens (tertiary/aromatic N) is 2. The zero-order valence-corrected chi connectivity index (χ0v) is 15.7. The van der Waals surface area contributed by atoms with E-state index in [4.69, 9.17) is 4.74 Å². The van der Waals surface area contributed by atoms with E-state index in [-0.39, 0.29) is 11.2 Å². The molecule has 0 saturated carbocycles. The molecule has 2 heterocycles. The molecule has 1 atom stereocenters. The van der Waals surface area contributed by atoms with Gasteiger partial charge in [-0.2, -0.15) is 5.10 Å². The van der Waals surface area contributed by atoms with E-state index in [0.29, 0.717) is 17.6 Å². The fourth-order valence-electron chi connectivity index (χ4n) is 4.01. The van der Waals surface area contributed by atoms with Crippen LogP contribution in [-0.4, -0.2) is 28.6 Å². The molecule has 6 nitrogen and oxygen atoms in total. The van der Waals surface area contributed by atoms with Gasteiger partial charge < -0.3 is 10.1 Å². The molecule has 25 heavy (non-hydrogen) atoms. The first-order valence-corrected chi connectivity index (χ1v) is 8.47. The van der Waals surface area contributed by atoms with E-state index in [1.54, 1.807) is 4.68 Å². The SMILES string of the molecule is COC(=O)C1=C(C)NC2=C(C(=O)CC(C)(C)C2)[C@H]1c1cc(C)nn1C. The van der Waals surface area contributed by atoms with Crippen molar-refractivity contribution in [1.82, 2.24) is 15.1 Å². The van der Waals surface area contributed by atoms with Crippen molar-refractivity contribution >= 4 is 11.8 Å². The highest BCUT2D eigenvalue weighted by Gasteiger charge is 2.44. The molecular formula is C19H25N3O3.